The molecule has 0 radical (unpaired) electrons. The molecule has 0 aromatic rings. The Morgan fingerprint density at radius 1 is 1.67 bits per heavy atom. The van der Waals surface area contributed by atoms with E-state index in [0.29, 0.717) is 0 Å². The molecule has 2 unspecified atom stereocenters. The number of ether oxygens (including phenoxy) is 1. The highest BCUT2D eigenvalue weighted by Crippen LogP contribution is 2.17. The van der Waals surface area contributed by atoms with Gasteiger partial charge in [-0.15, -0.1) is 0 Å². The van der Waals surface area contributed by atoms with Gasteiger partial charge in [0, 0.05) is 7.11 Å². The maximum Gasteiger partial charge on any atom is 0.0903 e. The Hall–Kier alpha value is -0.0800. The molecule has 0 aromatic heterocycles. The van der Waals surface area contributed by atoms with Gasteiger partial charge in [0.1, 0.15) is 0 Å². The van der Waals surface area contributed by atoms with E-state index in [-0.39, 0.29) is 5.60 Å². The molecule has 0 bridgehead atoms. The lowest BCUT2D eigenvalue weighted by Crippen LogP contribution is -2.38. The molecule has 2 heteroatoms. The summed E-state index contributed by atoms with van der Waals surface area (Å²) in [6.45, 7) is 5.64. The summed E-state index contributed by atoms with van der Waals surface area (Å²) in [6.07, 6.45) is 0.439. The molecule has 0 saturated heterocycles. The summed E-state index contributed by atoms with van der Waals surface area (Å²) in [4.78, 5) is 0. The molecule has 0 aliphatic carbocycles. The van der Waals surface area contributed by atoms with Gasteiger partial charge in [-0.05, 0) is 20.3 Å². The van der Waals surface area contributed by atoms with Crippen LogP contribution in [-0.4, -0.2) is 23.9 Å². The number of methoxy groups -OCH3 is 1. The van der Waals surface area contributed by atoms with Gasteiger partial charge >= 0.3 is 0 Å². The summed E-state index contributed by atoms with van der Waals surface area (Å²) in [5, 5.41) is 9.15. The van der Waals surface area contributed by atoms with Crippen LogP contribution in [0.25, 0.3) is 0 Å². The second kappa shape index (κ2) is 3.18. The predicted molar refractivity (Wildman–Crippen MR) is 37.4 cm³/mol. The minimum atomic E-state index is -0.396. The van der Waals surface area contributed by atoms with Crippen LogP contribution in [0.4, 0.5) is 0 Å². The van der Waals surface area contributed by atoms with Crippen molar-refractivity contribution in [3.8, 4) is 0 Å². The first-order valence-electron chi connectivity index (χ1n) is 3.30. The average Bonchev–Trinajstić information content (AvgIpc) is 1.86. The van der Waals surface area contributed by atoms with E-state index in [0.717, 1.165) is 6.42 Å². The van der Waals surface area contributed by atoms with Gasteiger partial charge in [0.2, 0.25) is 0 Å². The van der Waals surface area contributed by atoms with Crippen molar-refractivity contribution in [3.63, 3.8) is 0 Å². The van der Waals surface area contributed by atoms with Gasteiger partial charge < -0.3 is 9.84 Å². The topological polar surface area (TPSA) is 29.5 Å². The predicted octanol–water partition coefficient (Wildman–Crippen LogP) is 1.18. The second-order valence-electron chi connectivity index (χ2n) is 2.55. The van der Waals surface area contributed by atoms with Crippen molar-refractivity contribution in [1.82, 2.24) is 0 Å². The van der Waals surface area contributed by atoms with Crippen molar-refractivity contribution in [2.45, 2.75) is 38.9 Å². The zero-order valence-electron chi connectivity index (χ0n) is 6.64. The highest BCUT2D eigenvalue weighted by atomic mass is 16.5. The number of hydrogen-bond acceptors (Lipinski definition) is 2. The third kappa shape index (κ3) is 1.95. The Kier molecular flexibility index (Phi) is 3.15. The van der Waals surface area contributed by atoms with Gasteiger partial charge in [-0.2, -0.15) is 0 Å². The smallest absolute Gasteiger partial charge is 0.0903 e. The van der Waals surface area contributed by atoms with Gasteiger partial charge in [-0.25, -0.2) is 0 Å². The Morgan fingerprint density at radius 2 is 2.11 bits per heavy atom. The number of aliphatic hydroxyl groups is 1. The molecule has 0 aromatic carbocycles. The summed E-state index contributed by atoms with van der Waals surface area (Å²) in [7, 11) is 1.62. The van der Waals surface area contributed by atoms with Gasteiger partial charge in [0.05, 0.1) is 11.7 Å². The normalized spacial score (nSPS) is 21.0. The average molecular weight is 132 g/mol. The summed E-state index contributed by atoms with van der Waals surface area (Å²) >= 11 is 0. The molecule has 0 aliphatic rings. The monoisotopic (exact) mass is 132 g/mol. The molecule has 0 fully saturated rings. The molecular formula is C7H16O2. The molecule has 2 nitrogen and oxygen atoms in total. The minimum absolute atomic E-state index is 0.361. The fourth-order valence-corrected chi connectivity index (χ4v) is 0.610. The summed E-state index contributed by atoms with van der Waals surface area (Å²) < 4.78 is 5.10. The van der Waals surface area contributed by atoms with Crippen LogP contribution in [0.15, 0.2) is 0 Å². The first kappa shape index (κ1) is 8.92. The van der Waals surface area contributed by atoms with Crippen LogP contribution < -0.4 is 0 Å². The van der Waals surface area contributed by atoms with Gasteiger partial charge in [0.15, 0.2) is 0 Å². The second-order valence-corrected chi connectivity index (χ2v) is 2.55. The van der Waals surface area contributed by atoms with Crippen LogP contribution in [0.1, 0.15) is 27.2 Å². The van der Waals surface area contributed by atoms with Crippen LogP contribution >= 0.6 is 0 Å². The molecule has 0 aliphatic heterocycles. The first-order valence-corrected chi connectivity index (χ1v) is 3.30. The summed E-state index contributed by atoms with van der Waals surface area (Å²) in [5.74, 6) is 0. The SMILES string of the molecule is CCC(C)(OC)C(C)O. The molecule has 0 spiro atoms. The molecule has 0 heterocycles. The quantitative estimate of drug-likeness (QED) is 0.625. The van der Waals surface area contributed by atoms with Crippen LogP contribution in [0.5, 0.6) is 0 Å². The Balaban J connectivity index is 3.92. The lowest BCUT2D eigenvalue weighted by atomic mass is 9.97. The molecular weight excluding hydrogens is 116 g/mol. The van der Waals surface area contributed by atoms with E-state index in [2.05, 4.69) is 0 Å². The van der Waals surface area contributed by atoms with Gasteiger partial charge in [0.25, 0.3) is 0 Å². The lowest BCUT2D eigenvalue weighted by molar-refractivity contribution is -0.0841. The van der Waals surface area contributed by atoms with E-state index in [9.17, 15) is 0 Å². The van der Waals surface area contributed by atoms with Crippen molar-refractivity contribution >= 4 is 0 Å². The molecule has 2 atom stereocenters. The number of aliphatic hydroxyl groups excluding tert-OH is 1. The van der Waals surface area contributed by atoms with Crippen molar-refractivity contribution in [3.05, 3.63) is 0 Å². The molecule has 56 valence electrons. The minimum Gasteiger partial charge on any atom is -0.390 e. The van der Waals surface area contributed by atoms with Crippen LogP contribution in [0.2, 0.25) is 0 Å². The van der Waals surface area contributed by atoms with E-state index in [1.807, 2.05) is 13.8 Å². The van der Waals surface area contributed by atoms with Crippen LogP contribution in [-0.2, 0) is 4.74 Å². The van der Waals surface area contributed by atoms with Gasteiger partial charge in [-0.3, -0.25) is 0 Å². The Morgan fingerprint density at radius 3 is 2.11 bits per heavy atom. The van der Waals surface area contributed by atoms with Crippen molar-refractivity contribution in [2.24, 2.45) is 0 Å². The van der Waals surface area contributed by atoms with E-state index < -0.39 is 6.10 Å². The number of rotatable bonds is 3. The highest BCUT2D eigenvalue weighted by Gasteiger charge is 2.26. The molecule has 9 heavy (non-hydrogen) atoms. The Labute approximate surface area is 56.8 Å². The largest absolute Gasteiger partial charge is 0.390 e. The van der Waals surface area contributed by atoms with Crippen molar-refractivity contribution in [1.29, 1.82) is 0 Å². The van der Waals surface area contributed by atoms with E-state index in [4.69, 9.17) is 9.84 Å². The molecule has 0 saturated carbocycles. The third-order valence-corrected chi connectivity index (χ3v) is 2.05. The van der Waals surface area contributed by atoms with E-state index in [1.54, 1.807) is 14.0 Å². The summed E-state index contributed by atoms with van der Waals surface area (Å²) in [5.41, 5.74) is -0.361. The van der Waals surface area contributed by atoms with Gasteiger partial charge in [-0.1, -0.05) is 6.92 Å². The van der Waals surface area contributed by atoms with Crippen molar-refractivity contribution in [2.75, 3.05) is 7.11 Å². The standard InChI is InChI=1S/C7H16O2/c1-5-7(3,9-4)6(2)8/h6,8H,5H2,1-4H3. The summed E-state index contributed by atoms with van der Waals surface area (Å²) in [6, 6.07) is 0. The Bertz CT molecular complexity index is 75.0. The fourth-order valence-electron chi connectivity index (χ4n) is 0.610. The third-order valence-electron chi connectivity index (χ3n) is 2.05. The first-order chi connectivity index (χ1) is 4.06. The lowest BCUT2D eigenvalue weighted by Gasteiger charge is -2.29. The van der Waals surface area contributed by atoms with Crippen LogP contribution in [0, 0.1) is 0 Å². The number of hydrogen-bond donors (Lipinski definition) is 1. The zero-order valence-corrected chi connectivity index (χ0v) is 6.64. The fraction of sp³-hybridized carbons (Fsp3) is 1.00. The molecule has 1 N–H and O–H groups in total. The zero-order chi connectivity index (χ0) is 7.49. The molecule has 0 rings (SSSR count). The van der Waals surface area contributed by atoms with E-state index in [1.165, 1.54) is 0 Å². The van der Waals surface area contributed by atoms with E-state index >= 15 is 0 Å². The highest BCUT2D eigenvalue weighted by molar-refractivity contribution is 4.78. The molecule has 0 amide bonds. The maximum atomic E-state index is 9.15. The van der Waals surface area contributed by atoms with Crippen molar-refractivity contribution < 1.29 is 9.84 Å². The van der Waals surface area contributed by atoms with Crippen LogP contribution in [0.3, 0.4) is 0 Å². The maximum absolute atomic E-state index is 9.15.